The highest BCUT2D eigenvalue weighted by Crippen LogP contribution is 2.24. The summed E-state index contributed by atoms with van der Waals surface area (Å²) in [5, 5.41) is 0. The molecule has 3 heteroatoms. The van der Waals surface area contributed by atoms with Crippen LogP contribution in [0.15, 0.2) is 25.0 Å². The van der Waals surface area contributed by atoms with Crippen molar-refractivity contribution in [2.45, 2.75) is 26.2 Å². The van der Waals surface area contributed by atoms with Crippen LogP contribution in [0, 0.1) is 5.92 Å². The second kappa shape index (κ2) is 4.64. The molecule has 0 N–H and O–H groups in total. The molecule has 16 heavy (non-hydrogen) atoms. The molecule has 0 radical (unpaired) electrons. The van der Waals surface area contributed by atoms with Gasteiger partial charge in [0.25, 0.3) is 0 Å². The molecule has 1 atom stereocenters. The van der Waals surface area contributed by atoms with E-state index in [0.717, 1.165) is 24.6 Å². The molecular weight excluding hydrogens is 198 g/mol. The molecule has 1 unspecified atom stereocenters. The molecule has 1 aliphatic heterocycles. The highest BCUT2D eigenvalue weighted by Gasteiger charge is 2.21. The van der Waals surface area contributed by atoms with Crippen LogP contribution in [-0.2, 0) is 0 Å². The maximum atomic E-state index is 4.35. The molecule has 0 amide bonds. The molecule has 86 valence electrons. The third-order valence-electron chi connectivity index (χ3n) is 3.15. The van der Waals surface area contributed by atoms with Crippen LogP contribution in [0.5, 0.6) is 0 Å². The third-order valence-corrected chi connectivity index (χ3v) is 3.15. The Balaban J connectivity index is 2.15. The first kappa shape index (κ1) is 11.1. The fourth-order valence-electron chi connectivity index (χ4n) is 2.04. The zero-order chi connectivity index (χ0) is 11.5. The molecule has 0 bridgehead atoms. The van der Waals surface area contributed by atoms with Crippen molar-refractivity contribution in [3.63, 3.8) is 0 Å². The van der Waals surface area contributed by atoms with Crippen molar-refractivity contribution in [3.8, 4) is 0 Å². The molecule has 2 rings (SSSR count). The molecule has 1 aromatic heterocycles. The van der Waals surface area contributed by atoms with Gasteiger partial charge in [-0.1, -0.05) is 19.9 Å². The predicted octanol–water partition coefficient (Wildman–Crippen LogP) is 2.61. The summed E-state index contributed by atoms with van der Waals surface area (Å²) in [6.07, 6.45) is 4.90. The Morgan fingerprint density at radius 3 is 2.94 bits per heavy atom. The molecular formula is C13H19N3. The minimum absolute atomic E-state index is 0.458. The Kier molecular flexibility index (Phi) is 3.22. The maximum Gasteiger partial charge on any atom is 0.132 e. The summed E-state index contributed by atoms with van der Waals surface area (Å²) in [7, 11) is 0. The molecule has 0 aliphatic carbocycles. The molecule has 0 saturated carbocycles. The Bertz CT molecular complexity index is 373. The maximum absolute atomic E-state index is 4.35. The highest BCUT2D eigenvalue weighted by atomic mass is 15.2. The summed E-state index contributed by atoms with van der Waals surface area (Å²) in [6, 6.07) is 2.11. The van der Waals surface area contributed by atoms with Crippen molar-refractivity contribution in [3.05, 3.63) is 30.7 Å². The zero-order valence-electron chi connectivity index (χ0n) is 10.1. The van der Waals surface area contributed by atoms with Gasteiger partial charge in [-0.3, -0.25) is 0 Å². The largest absolute Gasteiger partial charge is 0.356 e. The van der Waals surface area contributed by atoms with E-state index in [1.54, 1.807) is 6.33 Å². The van der Waals surface area contributed by atoms with E-state index in [0.29, 0.717) is 11.8 Å². The van der Waals surface area contributed by atoms with E-state index in [4.69, 9.17) is 0 Å². The first-order valence-corrected chi connectivity index (χ1v) is 5.90. The Morgan fingerprint density at radius 1 is 1.50 bits per heavy atom. The van der Waals surface area contributed by atoms with Gasteiger partial charge in [-0.05, 0) is 18.3 Å². The van der Waals surface area contributed by atoms with Crippen molar-refractivity contribution in [1.82, 2.24) is 9.97 Å². The van der Waals surface area contributed by atoms with Crippen LogP contribution in [0.2, 0.25) is 0 Å². The lowest BCUT2D eigenvalue weighted by Crippen LogP contribution is -2.20. The fourth-order valence-corrected chi connectivity index (χ4v) is 2.04. The van der Waals surface area contributed by atoms with Gasteiger partial charge in [0.05, 0.1) is 0 Å². The van der Waals surface area contributed by atoms with E-state index in [1.807, 2.05) is 6.08 Å². The van der Waals surface area contributed by atoms with Gasteiger partial charge in [0.15, 0.2) is 0 Å². The van der Waals surface area contributed by atoms with Crippen molar-refractivity contribution in [2.24, 2.45) is 5.92 Å². The molecule has 1 aromatic rings. The minimum atomic E-state index is 0.458. The van der Waals surface area contributed by atoms with Gasteiger partial charge in [-0.2, -0.15) is 0 Å². The fraction of sp³-hybridized carbons (Fsp3) is 0.538. The first-order valence-electron chi connectivity index (χ1n) is 5.90. The van der Waals surface area contributed by atoms with E-state index in [-0.39, 0.29) is 0 Å². The van der Waals surface area contributed by atoms with E-state index < -0.39 is 0 Å². The Labute approximate surface area is 97.2 Å². The molecule has 3 nitrogen and oxygen atoms in total. The van der Waals surface area contributed by atoms with Crippen molar-refractivity contribution in [1.29, 1.82) is 0 Å². The van der Waals surface area contributed by atoms with Crippen LogP contribution in [0.4, 0.5) is 5.82 Å². The van der Waals surface area contributed by atoms with Gasteiger partial charge in [0.1, 0.15) is 12.1 Å². The quantitative estimate of drug-likeness (QED) is 0.729. The van der Waals surface area contributed by atoms with E-state index >= 15 is 0 Å². The summed E-state index contributed by atoms with van der Waals surface area (Å²) in [6.45, 7) is 10.3. The summed E-state index contributed by atoms with van der Waals surface area (Å²) in [5.74, 6) is 2.13. The third kappa shape index (κ3) is 2.23. The average Bonchev–Trinajstić information content (AvgIpc) is 2.77. The average molecular weight is 217 g/mol. The smallest absolute Gasteiger partial charge is 0.132 e. The van der Waals surface area contributed by atoms with E-state index in [1.165, 1.54) is 6.42 Å². The summed E-state index contributed by atoms with van der Waals surface area (Å²) >= 11 is 0. The van der Waals surface area contributed by atoms with Gasteiger partial charge < -0.3 is 4.90 Å². The molecule has 0 spiro atoms. The lowest BCUT2D eigenvalue weighted by atomic mass is 10.1. The number of rotatable bonds is 3. The molecule has 1 aliphatic rings. The Morgan fingerprint density at radius 2 is 2.31 bits per heavy atom. The lowest BCUT2D eigenvalue weighted by Gasteiger charge is -2.17. The van der Waals surface area contributed by atoms with Crippen molar-refractivity contribution >= 4 is 5.82 Å². The van der Waals surface area contributed by atoms with Crippen LogP contribution in [-0.4, -0.2) is 23.1 Å². The van der Waals surface area contributed by atoms with Crippen LogP contribution in [0.25, 0.3) is 0 Å². The molecule has 1 fully saturated rings. The van der Waals surface area contributed by atoms with Gasteiger partial charge in [0, 0.05) is 24.8 Å². The first-order chi connectivity index (χ1) is 7.70. The van der Waals surface area contributed by atoms with Gasteiger partial charge in [-0.25, -0.2) is 9.97 Å². The number of hydrogen-bond acceptors (Lipinski definition) is 3. The number of hydrogen-bond donors (Lipinski definition) is 0. The van der Waals surface area contributed by atoms with Crippen LogP contribution in [0.3, 0.4) is 0 Å². The normalized spacial score (nSPS) is 20.4. The topological polar surface area (TPSA) is 29.0 Å². The Hall–Kier alpha value is -1.38. The van der Waals surface area contributed by atoms with E-state index in [9.17, 15) is 0 Å². The molecule has 1 saturated heterocycles. The second-order valence-electron chi connectivity index (χ2n) is 4.69. The van der Waals surface area contributed by atoms with Gasteiger partial charge in [0.2, 0.25) is 0 Å². The highest BCUT2D eigenvalue weighted by molar-refractivity contribution is 5.41. The predicted molar refractivity (Wildman–Crippen MR) is 66.6 cm³/mol. The van der Waals surface area contributed by atoms with Gasteiger partial charge >= 0.3 is 0 Å². The molecule has 2 heterocycles. The summed E-state index contributed by atoms with van der Waals surface area (Å²) in [5.41, 5.74) is 1.12. The zero-order valence-corrected chi connectivity index (χ0v) is 10.1. The van der Waals surface area contributed by atoms with Crippen LogP contribution in [0.1, 0.15) is 31.9 Å². The van der Waals surface area contributed by atoms with Crippen LogP contribution < -0.4 is 4.90 Å². The molecule has 0 aromatic carbocycles. The SMILES string of the molecule is C=CC1CCN(c2cc(C(C)C)ncn2)C1. The van der Waals surface area contributed by atoms with Crippen LogP contribution >= 0.6 is 0 Å². The monoisotopic (exact) mass is 217 g/mol. The van der Waals surface area contributed by atoms with Gasteiger partial charge in [-0.15, -0.1) is 6.58 Å². The van der Waals surface area contributed by atoms with Crippen molar-refractivity contribution < 1.29 is 0 Å². The number of nitrogens with zero attached hydrogens (tertiary/aromatic N) is 3. The lowest BCUT2D eigenvalue weighted by molar-refractivity contribution is 0.739. The standard InChI is InChI=1S/C13H19N3/c1-4-11-5-6-16(8-11)13-7-12(10(2)3)14-9-15-13/h4,7,9-11H,1,5-6,8H2,2-3H3. The number of anilines is 1. The minimum Gasteiger partial charge on any atom is -0.356 e. The van der Waals surface area contributed by atoms with E-state index in [2.05, 4.69) is 41.4 Å². The summed E-state index contributed by atoms with van der Waals surface area (Å²) in [4.78, 5) is 11.0. The number of aromatic nitrogens is 2. The summed E-state index contributed by atoms with van der Waals surface area (Å²) < 4.78 is 0. The van der Waals surface area contributed by atoms with Crippen molar-refractivity contribution in [2.75, 3.05) is 18.0 Å². The second-order valence-corrected chi connectivity index (χ2v) is 4.69.